The van der Waals surface area contributed by atoms with Gasteiger partial charge in [-0.1, -0.05) is 19.7 Å². The highest BCUT2D eigenvalue weighted by molar-refractivity contribution is 5.16. The van der Waals surface area contributed by atoms with Crippen LogP contribution < -0.4 is 0 Å². The van der Waals surface area contributed by atoms with Crippen LogP contribution >= 0.6 is 0 Å². The summed E-state index contributed by atoms with van der Waals surface area (Å²) < 4.78 is 16.6. The molecule has 0 fully saturated rings. The van der Waals surface area contributed by atoms with E-state index in [4.69, 9.17) is 0 Å². The monoisotopic (exact) mass is 140 g/mol. The van der Waals surface area contributed by atoms with Gasteiger partial charge in [0.15, 0.2) is 0 Å². The molecule has 0 atom stereocenters. The summed E-state index contributed by atoms with van der Waals surface area (Å²) in [5.41, 5.74) is 0. The normalized spacial score (nSPS) is 9.30. The summed E-state index contributed by atoms with van der Waals surface area (Å²) in [4.78, 5) is 0. The summed E-state index contributed by atoms with van der Waals surface area (Å²) in [5, 5.41) is 0. The van der Waals surface area contributed by atoms with Gasteiger partial charge in [0.2, 0.25) is 0 Å². The fourth-order valence-corrected chi connectivity index (χ4v) is 0.330. The van der Waals surface area contributed by atoms with Crippen molar-refractivity contribution in [3.8, 4) is 0 Å². The molecular weight excluding hydrogens is 131 g/mol. The average Bonchev–Trinajstić information content (AvgIpc) is 1.85. The van der Waals surface area contributed by atoms with Crippen molar-refractivity contribution in [2.24, 2.45) is 0 Å². The highest BCUT2D eigenvalue weighted by Gasteiger charge is 1.83. The molecule has 0 bridgehead atoms. The molecule has 1 nitrogen and oxygen atoms in total. The zero-order valence-corrected chi connectivity index (χ0v) is 5.64. The van der Waals surface area contributed by atoms with E-state index in [0.29, 0.717) is 5.76 Å². The van der Waals surface area contributed by atoms with E-state index < -0.39 is 5.83 Å². The molecule has 0 aliphatic carbocycles. The van der Waals surface area contributed by atoms with E-state index in [2.05, 4.69) is 24.5 Å². The van der Waals surface area contributed by atoms with Crippen molar-refractivity contribution in [2.45, 2.75) is 0 Å². The highest BCUT2D eigenvalue weighted by Crippen LogP contribution is 1.99. The number of halogens is 1. The molecule has 0 heterocycles. The third-order valence-electron chi connectivity index (χ3n) is 0.685. The first-order valence-corrected chi connectivity index (χ1v) is 2.65. The Hall–Kier alpha value is -1.31. The maximum absolute atomic E-state index is 11.9. The fourth-order valence-electron chi connectivity index (χ4n) is 0.330. The van der Waals surface area contributed by atoms with E-state index in [1.807, 2.05) is 0 Å². The predicted molar refractivity (Wildman–Crippen MR) is 39.8 cm³/mol. The Balaban J connectivity index is 3.77. The number of hydrogen-bond donors (Lipinski definition) is 0. The second kappa shape index (κ2) is 4.56. The standard InChI is InChI=1S/C8H9FO/c1-4-10-8(3)6-5-7(2)9/h4-6H,1-3H2/b6-5-. The maximum atomic E-state index is 11.9. The smallest absolute Gasteiger partial charge is 0.119 e. The quantitative estimate of drug-likeness (QED) is 0.431. The molecule has 10 heavy (non-hydrogen) atoms. The fraction of sp³-hybridized carbons (Fsp3) is 0. The van der Waals surface area contributed by atoms with E-state index in [9.17, 15) is 4.39 Å². The Morgan fingerprint density at radius 3 is 2.30 bits per heavy atom. The molecule has 0 saturated carbocycles. The molecule has 0 aromatic rings. The average molecular weight is 140 g/mol. The lowest BCUT2D eigenvalue weighted by atomic mass is 10.4. The molecule has 0 rings (SSSR count). The van der Waals surface area contributed by atoms with Crippen LogP contribution in [-0.2, 0) is 4.74 Å². The van der Waals surface area contributed by atoms with E-state index in [1.54, 1.807) is 0 Å². The van der Waals surface area contributed by atoms with Crippen molar-refractivity contribution in [2.75, 3.05) is 0 Å². The van der Waals surface area contributed by atoms with Crippen LogP contribution in [0.4, 0.5) is 4.39 Å². The van der Waals surface area contributed by atoms with Gasteiger partial charge in [-0.3, -0.25) is 0 Å². The zero-order chi connectivity index (χ0) is 7.98. The summed E-state index contributed by atoms with van der Waals surface area (Å²) in [6, 6.07) is 0. The van der Waals surface area contributed by atoms with Gasteiger partial charge in [-0.2, -0.15) is 0 Å². The second-order valence-electron chi connectivity index (χ2n) is 1.53. The van der Waals surface area contributed by atoms with Crippen LogP contribution in [-0.4, -0.2) is 0 Å². The first kappa shape index (κ1) is 8.69. The summed E-state index contributed by atoms with van der Waals surface area (Å²) in [5.74, 6) is -0.206. The van der Waals surface area contributed by atoms with Crippen LogP contribution in [0.1, 0.15) is 0 Å². The topological polar surface area (TPSA) is 9.23 Å². The number of ether oxygens (including phenoxy) is 1. The molecule has 0 aliphatic rings. The molecule has 0 saturated heterocycles. The van der Waals surface area contributed by atoms with Crippen molar-refractivity contribution < 1.29 is 9.13 Å². The van der Waals surface area contributed by atoms with Crippen molar-refractivity contribution in [1.82, 2.24) is 0 Å². The van der Waals surface area contributed by atoms with Crippen LogP contribution in [0.25, 0.3) is 0 Å². The van der Waals surface area contributed by atoms with Gasteiger partial charge in [-0.05, 0) is 12.2 Å². The van der Waals surface area contributed by atoms with Crippen LogP contribution in [0.3, 0.4) is 0 Å². The van der Waals surface area contributed by atoms with Crippen LogP contribution in [0, 0.1) is 0 Å². The molecule has 0 amide bonds. The molecule has 54 valence electrons. The van der Waals surface area contributed by atoms with Gasteiger partial charge in [0.25, 0.3) is 0 Å². The molecule has 0 radical (unpaired) electrons. The highest BCUT2D eigenvalue weighted by atomic mass is 19.1. The minimum Gasteiger partial charge on any atom is -0.466 e. The third kappa shape index (κ3) is 4.84. The lowest BCUT2D eigenvalue weighted by molar-refractivity contribution is 0.372. The Morgan fingerprint density at radius 1 is 1.30 bits per heavy atom. The van der Waals surface area contributed by atoms with Gasteiger partial charge in [0.05, 0.1) is 6.26 Å². The second-order valence-corrected chi connectivity index (χ2v) is 1.53. The van der Waals surface area contributed by atoms with Crippen molar-refractivity contribution in [1.29, 1.82) is 0 Å². The Kier molecular flexibility index (Phi) is 3.96. The Labute approximate surface area is 59.8 Å². The molecule has 0 aliphatic heterocycles. The van der Waals surface area contributed by atoms with Gasteiger partial charge >= 0.3 is 0 Å². The third-order valence-corrected chi connectivity index (χ3v) is 0.685. The lowest BCUT2D eigenvalue weighted by Crippen LogP contribution is -1.75. The van der Waals surface area contributed by atoms with Gasteiger partial charge < -0.3 is 4.74 Å². The van der Waals surface area contributed by atoms with Crippen LogP contribution in [0.15, 0.2) is 49.7 Å². The van der Waals surface area contributed by atoms with Gasteiger partial charge in [-0.15, -0.1) is 0 Å². The summed E-state index contributed by atoms with van der Waals surface area (Å²) in [7, 11) is 0. The number of rotatable bonds is 4. The van der Waals surface area contributed by atoms with Crippen LogP contribution in [0.2, 0.25) is 0 Å². The maximum Gasteiger partial charge on any atom is 0.119 e. The number of hydrogen-bond acceptors (Lipinski definition) is 1. The first-order valence-electron chi connectivity index (χ1n) is 2.65. The summed E-state index contributed by atoms with van der Waals surface area (Å²) in [6.07, 6.45) is 3.74. The van der Waals surface area contributed by atoms with E-state index >= 15 is 0 Å². The lowest BCUT2D eigenvalue weighted by Gasteiger charge is -1.94. The Morgan fingerprint density at radius 2 is 1.90 bits per heavy atom. The number of allylic oxidation sites excluding steroid dienone is 3. The van der Waals surface area contributed by atoms with E-state index in [1.165, 1.54) is 12.3 Å². The molecule has 2 heteroatoms. The van der Waals surface area contributed by atoms with Crippen molar-refractivity contribution in [3.05, 3.63) is 49.7 Å². The minimum atomic E-state index is -0.534. The van der Waals surface area contributed by atoms with E-state index in [0.717, 1.165) is 6.08 Å². The molecule has 0 spiro atoms. The van der Waals surface area contributed by atoms with Gasteiger partial charge in [0.1, 0.15) is 11.6 Å². The predicted octanol–water partition coefficient (Wildman–Crippen LogP) is 2.70. The minimum absolute atomic E-state index is 0.328. The Bertz CT molecular complexity index is 180. The zero-order valence-electron chi connectivity index (χ0n) is 5.64. The summed E-state index contributed by atoms with van der Waals surface area (Å²) >= 11 is 0. The van der Waals surface area contributed by atoms with Gasteiger partial charge in [-0.25, -0.2) is 4.39 Å². The van der Waals surface area contributed by atoms with Gasteiger partial charge in [0, 0.05) is 0 Å². The molecule has 0 N–H and O–H groups in total. The molecule has 0 aromatic carbocycles. The van der Waals surface area contributed by atoms with Crippen molar-refractivity contribution >= 4 is 0 Å². The SMILES string of the molecule is C=COC(=C)/C=C\C(=C)F. The first-order chi connectivity index (χ1) is 4.66. The molecule has 0 aromatic heterocycles. The van der Waals surface area contributed by atoms with Crippen LogP contribution in [0.5, 0.6) is 0 Å². The summed E-state index contributed by atoms with van der Waals surface area (Å²) in [6.45, 7) is 9.73. The van der Waals surface area contributed by atoms with E-state index in [-0.39, 0.29) is 0 Å². The van der Waals surface area contributed by atoms with Crippen molar-refractivity contribution in [3.63, 3.8) is 0 Å². The molecule has 0 unspecified atom stereocenters. The molecular formula is C8H9FO. The largest absolute Gasteiger partial charge is 0.466 e.